The van der Waals surface area contributed by atoms with Gasteiger partial charge in [0.1, 0.15) is 5.84 Å². The van der Waals surface area contributed by atoms with Gasteiger partial charge in [0, 0.05) is 19.0 Å². The van der Waals surface area contributed by atoms with Crippen LogP contribution < -0.4 is 5.43 Å². The molecule has 0 unspecified atom stereocenters. The van der Waals surface area contributed by atoms with Gasteiger partial charge in [-0.15, -0.1) is 0 Å². The minimum atomic E-state index is -4.39. The van der Waals surface area contributed by atoms with Gasteiger partial charge < -0.3 is 0 Å². The molecule has 1 aliphatic heterocycles. The molecule has 0 spiro atoms. The van der Waals surface area contributed by atoms with Gasteiger partial charge in [0.15, 0.2) is 0 Å². The van der Waals surface area contributed by atoms with E-state index in [1.807, 2.05) is 0 Å². The second kappa shape index (κ2) is 5.26. The summed E-state index contributed by atoms with van der Waals surface area (Å²) in [6.45, 7) is 0. The average Bonchev–Trinajstić information content (AvgIpc) is 2.63. The molecule has 19 heavy (non-hydrogen) atoms. The molecule has 0 atom stereocenters. The summed E-state index contributed by atoms with van der Waals surface area (Å²) in [7, 11) is 1.58. The number of hydrogen-bond donors (Lipinski definition) is 1. The molecule has 0 fully saturated rings. The quantitative estimate of drug-likeness (QED) is 0.834. The maximum Gasteiger partial charge on any atom is 0.417 e. The first kappa shape index (κ1) is 13.3. The van der Waals surface area contributed by atoms with Crippen molar-refractivity contribution in [2.24, 2.45) is 10.1 Å². The summed E-state index contributed by atoms with van der Waals surface area (Å²) in [5.74, 6) is 0.513. The van der Waals surface area contributed by atoms with E-state index in [1.165, 1.54) is 12.1 Å². The fourth-order valence-corrected chi connectivity index (χ4v) is 1.77. The van der Waals surface area contributed by atoms with E-state index in [0.29, 0.717) is 18.0 Å². The van der Waals surface area contributed by atoms with Crippen LogP contribution in [-0.4, -0.2) is 18.6 Å². The van der Waals surface area contributed by atoms with E-state index in [9.17, 15) is 13.2 Å². The topological polar surface area (TPSA) is 36.8 Å². The molecule has 0 bridgehead atoms. The van der Waals surface area contributed by atoms with Crippen LogP contribution in [0.1, 0.15) is 17.5 Å². The zero-order valence-corrected chi connectivity index (χ0v) is 10.2. The van der Waals surface area contributed by atoms with Gasteiger partial charge in [-0.25, -0.2) is 0 Å². The van der Waals surface area contributed by atoms with Crippen molar-refractivity contribution in [3.63, 3.8) is 0 Å². The summed E-state index contributed by atoms with van der Waals surface area (Å²) in [5, 5.41) is 3.99. The first-order valence-electron chi connectivity index (χ1n) is 5.65. The summed E-state index contributed by atoms with van der Waals surface area (Å²) in [6, 6.07) is 5.41. The third kappa shape index (κ3) is 3.01. The molecule has 1 N–H and O–H groups in total. The number of allylic oxidation sites excluding steroid dienone is 1. The Hall–Kier alpha value is -2.11. The summed E-state index contributed by atoms with van der Waals surface area (Å²) in [6.07, 6.45) is -0.656. The van der Waals surface area contributed by atoms with Gasteiger partial charge in [-0.05, 0) is 12.1 Å². The molecular formula is C13H12F3N3. The first-order chi connectivity index (χ1) is 9.02. The number of halogens is 3. The van der Waals surface area contributed by atoms with E-state index < -0.39 is 11.7 Å². The Morgan fingerprint density at radius 3 is 2.68 bits per heavy atom. The van der Waals surface area contributed by atoms with E-state index in [2.05, 4.69) is 15.5 Å². The number of nitrogens with zero attached hydrogens (tertiary/aromatic N) is 2. The number of hydrogen-bond acceptors (Lipinski definition) is 2. The maximum atomic E-state index is 12.9. The largest absolute Gasteiger partial charge is 0.417 e. The van der Waals surface area contributed by atoms with Crippen LogP contribution in [0.4, 0.5) is 13.2 Å². The average molecular weight is 267 g/mol. The van der Waals surface area contributed by atoms with E-state index in [-0.39, 0.29) is 5.56 Å². The van der Waals surface area contributed by atoms with Crippen molar-refractivity contribution >= 4 is 11.5 Å². The summed E-state index contributed by atoms with van der Waals surface area (Å²) < 4.78 is 38.8. The lowest BCUT2D eigenvalue weighted by Gasteiger charge is -2.13. The van der Waals surface area contributed by atoms with Crippen LogP contribution in [-0.2, 0) is 6.18 Å². The lowest BCUT2D eigenvalue weighted by atomic mass is 10.0. The van der Waals surface area contributed by atoms with Crippen LogP contribution in [0, 0.1) is 0 Å². The molecule has 0 saturated heterocycles. The first-order valence-corrected chi connectivity index (χ1v) is 5.65. The molecule has 6 heteroatoms. The van der Waals surface area contributed by atoms with Gasteiger partial charge in [0.05, 0.1) is 11.3 Å². The van der Waals surface area contributed by atoms with Crippen molar-refractivity contribution in [2.75, 3.05) is 7.05 Å². The van der Waals surface area contributed by atoms with E-state index in [1.54, 1.807) is 25.3 Å². The highest BCUT2D eigenvalue weighted by Gasteiger charge is 2.34. The standard InChI is InChI=1S/C13H12F3N3/c1-17-12-8-4-7-11(18-19-12)9-5-2-3-6-10(9)13(14,15)16/h2-6,8H,7H2,1H3,(H,17,19). The molecule has 1 aromatic rings. The van der Waals surface area contributed by atoms with Gasteiger partial charge >= 0.3 is 6.18 Å². The Bertz CT molecular complexity index is 556. The summed E-state index contributed by atoms with van der Waals surface area (Å²) >= 11 is 0. The molecule has 0 aliphatic carbocycles. The molecule has 0 aromatic heterocycles. The third-order valence-corrected chi connectivity index (χ3v) is 2.68. The van der Waals surface area contributed by atoms with Gasteiger partial charge in [-0.3, -0.25) is 10.4 Å². The Morgan fingerprint density at radius 2 is 2.00 bits per heavy atom. The number of rotatable bonds is 1. The smallest absolute Gasteiger partial charge is 0.271 e. The van der Waals surface area contributed by atoms with E-state index in [4.69, 9.17) is 0 Å². The number of nitrogens with one attached hydrogen (secondary N) is 1. The predicted molar refractivity (Wildman–Crippen MR) is 68.2 cm³/mol. The van der Waals surface area contributed by atoms with Crippen LogP contribution in [0.3, 0.4) is 0 Å². The predicted octanol–water partition coefficient (Wildman–Crippen LogP) is 2.99. The Kier molecular flexibility index (Phi) is 3.69. The fourth-order valence-electron chi connectivity index (χ4n) is 1.77. The van der Waals surface area contributed by atoms with Crippen molar-refractivity contribution < 1.29 is 13.2 Å². The summed E-state index contributed by atoms with van der Waals surface area (Å²) in [4.78, 5) is 3.90. The van der Waals surface area contributed by atoms with E-state index in [0.717, 1.165) is 6.07 Å². The van der Waals surface area contributed by atoms with Crippen LogP contribution in [0.5, 0.6) is 0 Å². The second-order valence-corrected chi connectivity index (χ2v) is 3.93. The van der Waals surface area contributed by atoms with Crippen LogP contribution in [0.25, 0.3) is 0 Å². The third-order valence-electron chi connectivity index (χ3n) is 2.68. The minimum Gasteiger partial charge on any atom is -0.271 e. The molecule has 100 valence electrons. The highest BCUT2D eigenvalue weighted by Crippen LogP contribution is 2.32. The molecule has 1 aromatic carbocycles. The number of alkyl halides is 3. The molecule has 0 amide bonds. The molecule has 2 rings (SSSR count). The number of aliphatic imine (C=N–C) groups is 1. The molecule has 3 nitrogen and oxygen atoms in total. The second-order valence-electron chi connectivity index (χ2n) is 3.93. The molecule has 0 saturated carbocycles. The number of benzene rings is 1. The maximum absolute atomic E-state index is 12.9. The zero-order chi connectivity index (χ0) is 13.9. The number of amidine groups is 1. The fraction of sp³-hybridized carbons (Fsp3) is 0.231. The highest BCUT2D eigenvalue weighted by molar-refractivity contribution is 6.05. The number of hydrazone groups is 1. The molecule has 1 aliphatic rings. The lowest BCUT2D eigenvalue weighted by Crippen LogP contribution is -2.18. The SMILES string of the molecule is CN=C1C=CCC(c2ccccc2C(F)(F)F)=NN1. The minimum absolute atomic E-state index is 0.0875. The van der Waals surface area contributed by atoms with Gasteiger partial charge in [0.2, 0.25) is 0 Å². The van der Waals surface area contributed by atoms with Gasteiger partial charge in [0.25, 0.3) is 0 Å². The van der Waals surface area contributed by atoms with Crippen LogP contribution in [0.2, 0.25) is 0 Å². The van der Waals surface area contributed by atoms with Crippen molar-refractivity contribution in [1.82, 2.24) is 5.43 Å². The molecule has 1 heterocycles. The Morgan fingerprint density at radius 1 is 1.26 bits per heavy atom. The van der Waals surface area contributed by atoms with Crippen molar-refractivity contribution in [3.05, 3.63) is 47.5 Å². The summed E-state index contributed by atoms with van der Waals surface area (Å²) in [5.41, 5.74) is 2.39. The Labute approximate surface area is 108 Å². The highest BCUT2D eigenvalue weighted by atomic mass is 19.4. The van der Waals surface area contributed by atoms with Crippen LogP contribution >= 0.6 is 0 Å². The van der Waals surface area contributed by atoms with Crippen molar-refractivity contribution in [1.29, 1.82) is 0 Å². The van der Waals surface area contributed by atoms with Crippen molar-refractivity contribution in [2.45, 2.75) is 12.6 Å². The molecular weight excluding hydrogens is 255 g/mol. The van der Waals surface area contributed by atoms with Crippen molar-refractivity contribution in [3.8, 4) is 0 Å². The molecule has 0 radical (unpaired) electrons. The monoisotopic (exact) mass is 267 g/mol. The van der Waals surface area contributed by atoms with E-state index >= 15 is 0 Å². The van der Waals surface area contributed by atoms with Gasteiger partial charge in [-0.2, -0.15) is 18.3 Å². The van der Waals surface area contributed by atoms with Gasteiger partial charge in [-0.1, -0.05) is 24.3 Å². The lowest BCUT2D eigenvalue weighted by molar-refractivity contribution is -0.137. The Balaban J connectivity index is 2.43. The normalized spacial score (nSPS) is 17.9. The van der Waals surface area contributed by atoms with Crippen LogP contribution in [0.15, 0.2) is 46.5 Å². The zero-order valence-electron chi connectivity index (χ0n) is 10.2.